The summed E-state index contributed by atoms with van der Waals surface area (Å²) >= 11 is 0. The maximum atomic E-state index is 12.4. The van der Waals surface area contributed by atoms with Gasteiger partial charge in [-0.3, -0.25) is 4.98 Å². The van der Waals surface area contributed by atoms with Crippen molar-refractivity contribution in [3.63, 3.8) is 0 Å². The Morgan fingerprint density at radius 2 is 1.87 bits per heavy atom. The van der Waals surface area contributed by atoms with Gasteiger partial charge in [0.1, 0.15) is 0 Å². The average Bonchev–Trinajstić information content (AvgIpc) is 2.63. The normalized spacial score (nSPS) is 16.0. The third kappa shape index (κ3) is 3.74. The second-order valence-electron chi connectivity index (χ2n) is 5.48. The fraction of sp³-hybridized carbons (Fsp3) is 0.375. The van der Waals surface area contributed by atoms with Crippen molar-refractivity contribution in [3.8, 4) is 0 Å². The number of hydrogen-bond donors (Lipinski definition) is 1. The van der Waals surface area contributed by atoms with E-state index in [1.807, 2.05) is 24.0 Å². The molecule has 0 spiro atoms. The van der Waals surface area contributed by atoms with Crippen molar-refractivity contribution in [1.82, 2.24) is 25.2 Å². The number of carbonyl (C=O) groups excluding carboxylic acids is 1. The van der Waals surface area contributed by atoms with E-state index in [-0.39, 0.29) is 12.1 Å². The van der Waals surface area contributed by atoms with Crippen molar-refractivity contribution >= 4 is 12.0 Å². The largest absolute Gasteiger partial charge is 0.337 e. The van der Waals surface area contributed by atoms with Crippen LogP contribution in [0.1, 0.15) is 18.5 Å². The van der Waals surface area contributed by atoms with Crippen LogP contribution in [0, 0.1) is 0 Å². The first-order valence-electron chi connectivity index (χ1n) is 7.71. The molecule has 7 heteroatoms. The van der Waals surface area contributed by atoms with E-state index in [0.29, 0.717) is 13.1 Å². The molecule has 3 rings (SSSR count). The number of carbonyl (C=O) groups is 1. The van der Waals surface area contributed by atoms with Crippen molar-refractivity contribution in [2.45, 2.75) is 13.0 Å². The second kappa shape index (κ2) is 7.04. The molecule has 0 aromatic carbocycles. The molecule has 2 aromatic heterocycles. The maximum absolute atomic E-state index is 12.4. The van der Waals surface area contributed by atoms with E-state index in [0.717, 1.165) is 24.6 Å². The van der Waals surface area contributed by atoms with E-state index in [1.54, 1.807) is 30.9 Å². The summed E-state index contributed by atoms with van der Waals surface area (Å²) in [5.74, 6) is 0.719. The number of aromatic nitrogens is 3. The Morgan fingerprint density at radius 1 is 1.13 bits per heavy atom. The van der Waals surface area contributed by atoms with Crippen molar-refractivity contribution in [3.05, 3.63) is 48.5 Å². The van der Waals surface area contributed by atoms with Crippen molar-refractivity contribution in [1.29, 1.82) is 0 Å². The van der Waals surface area contributed by atoms with Crippen LogP contribution in [0.2, 0.25) is 0 Å². The molecule has 1 N–H and O–H groups in total. The lowest BCUT2D eigenvalue weighted by Gasteiger charge is -2.35. The minimum absolute atomic E-state index is 0.0463. The van der Waals surface area contributed by atoms with Gasteiger partial charge in [-0.2, -0.15) is 0 Å². The third-order valence-electron chi connectivity index (χ3n) is 3.93. The molecule has 1 atom stereocenters. The number of amides is 2. The fourth-order valence-electron chi connectivity index (χ4n) is 2.56. The zero-order chi connectivity index (χ0) is 16.1. The SMILES string of the molecule is C[C@H](NC(=O)N1CCN(c2ncccn2)CC1)c1cccnc1. The summed E-state index contributed by atoms with van der Waals surface area (Å²) in [7, 11) is 0. The van der Waals surface area contributed by atoms with Crippen LogP contribution < -0.4 is 10.2 Å². The summed E-state index contributed by atoms with van der Waals surface area (Å²) in [5, 5.41) is 3.02. The number of hydrogen-bond acceptors (Lipinski definition) is 5. The zero-order valence-electron chi connectivity index (χ0n) is 13.1. The molecule has 3 heterocycles. The Balaban J connectivity index is 1.52. The van der Waals surface area contributed by atoms with Gasteiger partial charge in [-0.25, -0.2) is 14.8 Å². The number of nitrogens with zero attached hydrogens (tertiary/aromatic N) is 5. The first-order valence-corrected chi connectivity index (χ1v) is 7.71. The lowest BCUT2D eigenvalue weighted by atomic mass is 10.1. The van der Waals surface area contributed by atoms with Crippen LogP contribution in [0.25, 0.3) is 0 Å². The molecule has 1 fully saturated rings. The molecule has 0 unspecified atom stereocenters. The van der Waals surface area contributed by atoms with Crippen molar-refractivity contribution in [2.24, 2.45) is 0 Å². The number of pyridine rings is 1. The van der Waals surface area contributed by atoms with E-state index >= 15 is 0 Å². The highest BCUT2D eigenvalue weighted by Gasteiger charge is 2.23. The number of rotatable bonds is 3. The van der Waals surface area contributed by atoms with E-state index in [4.69, 9.17) is 0 Å². The molecule has 0 aliphatic carbocycles. The molecule has 0 radical (unpaired) electrons. The van der Waals surface area contributed by atoms with Crippen LogP contribution in [0.4, 0.5) is 10.7 Å². The molecule has 7 nitrogen and oxygen atoms in total. The van der Waals surface area contributed by atoms with Gasteiger partial charge in [-0.15, -0.1) is 0 Å². The second-order valence-corrected chi connectivity index (χ2v) is 5.48. The molecular weight excluding hydrogens is 292 g/mol. The van der Waals surface area contributed by atoms with Gasteiger partial charge in [0.25, 0.3) is 0 Å². The molecule has 1 saturated heterocycles. The van der Waals surface area contributed by atoms with Crippen molar-refractivity contribution < 1.29 is 4.79 Å². The predicted molar refractivity (Wildman–Crippen MR) is 87.0 cm³/mol. The number of piperazine rings is 1. The molecule has 120 valence electrons. The number of anilines is 1. The van der Waals surface area contributed by atoms with Crippen LogP contribution in [0.3, 0.4) is 0 Å². The van der Waals surface area contributed by atoms with E-state index in [2.05, 4.69) is 25.2 Å². The quantitative estimate of drug-likeness (QED) is 0.929. The van der Waals surface area contributed by atoms with Crippen LogP contribution in [0.15, 0.2) is 43.0 Å². The summed E-state index contributed by atoms with van der Waals surface area (Å²) in [6.45, 7) is 4.74. The van der Waals surface area contributed by atoms with Gasteiger partial charge in [0.15, 0.2) is 0 Å². The Labute approximate surface area is 135 Å². The third-order valence-corrected chi connectivity index (χ3v) is 3.93. The smallest absolute Gasteiger partial charge is 0.317 e. The minimum atomic E-state index is -0.0633. The van der Waals surface area contributed by atoms with Crippen LogP contribution in [-0.2, 0) is 0 Å². The molecule has 2 aromatic rings. The summed E-state index contributed by atoms with van der Waals surface area (Å²) in [4.78, 5) is 28.9. The molecule has 23 heavy (non-hydrogen) atoms. The van der Waals surface area contributed by atoms with E-state index in [1.165, 1.54) is 0 Å². The van der Waals surface area contributed by atoms with Crippen molar-refractivity contribution in [2.75, 3.05) is 31.1 Å². The number of urea groups is 1. The summed E-state index contributed by atoms with van der Waals surface area (Å²) < 4.78 is 0. The Bertz CT molecular complexity index is 628. The van der Waals surface area contributed by atoms with Crippen LogP contribution in [-0.4, -0.2) is 52.1 Å². The Kier molecular flexibility index (Phi) is 4.65. The summed E-state index contributed by atoms with van der Waals surface area (Å²) in [6, 6.07) is 5.52. The van der Waals surface area contributed by atoms with Gasteiger partial charge in [-0.05, 0) is 24.6 Å². The highest BCUT2D eigenvalue weighted by atomic mass is 16.2. The molecule has 2 amide bonds. The van der Waals surface area contributed by atoms with Gasteiger partial charge >= 0.3 is 6.03 Å². The highest BCUT2D eigenvalue weighted by Crippen LogP contribution is 2.13. The molecular formula is C16H20N6O. The summed E-state index contributed by atoms with van der Waals surface area (Å²) in [6.07, 6.45) is 6.96. The molecule has 1 aliphatic heterocycles. The van der Waals surface area contributed by atoms with E-state index < -0.39 is 0 Å². The zero-order valence-corrected chi connectivity index (χ0v) is 13.1. The van der Waals surface area contributed by atoms with Crippen LogP contribution >= 0.6 is 0 Å². The lowest BCUT2D eigenvalue weighted by molar-refractivity contribution is 0.191. The Morgan fingerprint density at radius 3 is 2.52 bits per heavy atom. The lowest BCUT2D eigenvalue weighted by Crippen LogP contribution is -2.52. The van der Waals surface area contributed by atoms with E-state index in [9.17, 15) is 4.79 Å². The van der Waals surface area contributed by atoms with Gasteiger partial charge in [0.2, 0.25) is 5.95 Å². The number of nitrogens with one attached hydrogen (secondary N) is 1. The van der Waals surface area contributed by atoms with Crippen LogP contribution in [0.5, 0.6) is 0 Å². The predicted octanol–water partition coefficient (Wildman–Crippen LogP) is 1.46. The van der Waals surface area contributed by atoms with Gasteiger partial charge in [0, 0.05) is 51.0 Å². The maximum Gasteiger partial charge on any atom is 0.317 e. The first-order chi connectivity index (χ1) is 11.2. The van der Waals surface area contributed by atoms with Gasteiger partial charge in [0.05, 0.1) is 6.04 Å². The van der Waals surface area contributed by atoms with Gasteiger partial charge < -0.3 is 15.1 Å². The average molecular weight is 312 g/mol. The summed E-state index contributed by atoms with van der Waals surface area (Å²) in [5.41, 5.74) is 0.997. The highest BCUT2D eigenvalue weighted by molar-refractivity contribution is 5.75. The fourth-order valence-corrected chi connectivity index (χ4v) is 2.56. The topological polar surface area (TPSA) is 74.2 Å². The monoisotopic (exact) mass is 312 g/mol. The standard InChI is InChI=1S/C16H20N6O/c1-13(14-4-2-5-17-12-14)20-16(23)22-10-8-21(9-11-22)15-18-6-3-7-19-15/h2-7,12-13H,8-11H2,1H3,(H,20,23)/t13-/m0/s1. The van der Waals surface area contributed by atoms with Gasteiger partial charge in [-0.1, -0.05) is 6.07 Å². The molecule has 0 saturated carbocycles. The molecule has 1 aliphatic rings. The Hall–Kier alpha value is -2.70. The minimum Gasteiger partial charge on any atom is -0.337 e. The molecule has 0 bridgehead atoms. The first kappa shape index (κ1) is 15.2.